The van der Waals surface area contributed by atoms with E-state index in [1.54, 1.807) is 6.07 Å². The fourth-order valence-corrected chi connectivity index (χ4v) is 3.20. The number of hydrogen-bond donors (Lipinski definition) is 2. The smallest absolute Gasteiger partial charge is 0.254 e. The molecule has 2 N–H and O–H groups in total. The van der Waals surface area contributed by atoms with Crippen LogP contribution in [0.4, 0.5) is 14.5 Å². The molecule has 0 spiro atoms. The SMILES string of the molecule is O=C(CCc1ccno1)Nc1cc(C(=O)NCCC2=CCCCC2)c(F)cc1F. The largest absolute Gasteiger partial charge is 0.361 e. The minimum absolute atomic E-state index is 0.0304. The van der Waals surface area contributed by atoms with Gasteiger partial charge in [0.2, 0.25) is 5.91 Å². The van der Waals surface area contributed by atoms with Gasteiger partial charge in [-0.05, 0) is 38.2 Å². The lowest BCUT2D eigenvalue weighted by molar-refractivity contribution is -0.116. The van der Waals surface area contributed by atoms with Crippen LogP contribution >= 0.6 is 0 Å². The van der Waals surface area contributed by atoms with Crippen LogP contribution in [-0.4, -0.2) is 23.5 Å². The number of aromatic nitrogens is 1. The van der Waals surface area contributed by atoms with E-state index in [-0.39, 0.29) is 24.1 Å². The summed E-state index contributed by atoms with van der Waals surface area (Å²) >= 11 is 0. The van der Waals surface area contributed by atoms with Gasteiger partial charge in [-0.25, -0.2) is 8.78 Å². The van der Waals surface area contributed by atoms with E-state index in [1.165, 1.54) is 18.2 Å². The maximum Gasteiger partial charge on any atom is 0.254 e. The van der Waals surface area contributed by atoms with Crippen LogP contribution in [0, 0.1) is 11.6 Å². The first-order valence-corrected chi connectivity index (χ1v) is 9.67. The van der Waals surface area contributed by atoms with E-state index in [2.05, 4.69) is 21.9 Å². The molecule has 154 valence electrons. The van der Waals surface area contributed by atoms with Gasteiger partial charge in [0.1, 0.15) is 17.4 Å². The fraction of sp³-hybridized carbons (Fsp3) is 0.381. The van der Waals surface area contributed by atoms with Crippen molar-refractivity contribution in [3.63, 3.8) is 0 Å². The lowest BCUT2D eigenvalue weighted by Crippen LogP contribution is -2.26. The Morgan fingerprint density at radius 1 is 1.14 bits per heavy atom. The van der Waals surface area contributed by atoms with E-state index >= 15 is 0 Å². The van der Waals surface area contributed by atoms with Crippen molar-refractivity contribution >= 4 is 17.5 Å². The second-order valence-electron chi connectivity index (χ2n) is 6.95. The molecule has 0 saturated carbocycles. The zero-order valence-corrected chi connectivity index (χ0v) is 16.0. The predicted octanol–water partition coefficient (Wildman–Crippen LogP) is 4.14. The number of nitrogens with zero attached hydrogens (tertiary/aromatic N) is 1. The summed E-state index contributed by atoms with van der Waals surface area (Å²) in [6.45, 7) is 0.375. The Balaban J connectivity index is 1.57. The average molecular weight is 403 g/mol. The molecule has 1 aromatic carbocycles. The van der Waals surface area contributed by atoms with Gasteiger partial charge in [-0.15, -0.1) is 0 Å². The minimum Gasteiger partial charge on any atom is -0.361 e. The number of nitrogens with one attached hydrogen (secondary N) is 2. The lowest BCUT2D eigenvalue weighted by atomic mass is 9.97. The van der Waals surface area contributed by atoms with Gasteiger partial charge >= 0.3 is 0 Å². The number of aryl methyl sites for hydroxylation is 1. The molecule has 0 atom stereocenters. The topological polar surface area (TPSA) is 84.2 Å². The molecule has 29 heavy (non-hydrogen) atoms. The highest BCUT2D eigenvalue weighted by atomic mass is 19.1. The Morgan fingerprint density at radius 3 is 2.72 bits per heavy atom. The Morgan fingerprint density at radius 2 is 2.00 bits per heavy atom. The Labute approximate surface area is 167 Å². The molecule has 3 rings (SSSR count). The Kier molecular flexibility index (Phi) is 7.10. The van der Waals surface area contributed by atoms with Crippen molar-refractivity contribution in [1.29, 1.82) is 0 Å². The van der Waals surface area contributed by atoms with Crippen LogP contribution in [0.25, 0.3) is 0 Å². The van der Waals surface area contributed by atoms with Crippen LogP contribution in [0.3, 0.4) is 0 Å². The lowest BCUT2D eigenvalue weighted by Gasteiger charge is -2.13. The molecule has 8 heteroatoms. The molecule has 1 aromatic heterocycles. The van der Waals surface area contributed by atoms with Gasteiger partial charge in [-0.1, -0.05) is 16.8 Å². The summed E-state index contributed by atoms with van der Waals surface area (Å²) in [6, 6.07) is 3.24. The van der Waals surface area contributed by atoms with Gasteiger partial charge in [-0.3, -0.25) is 9.59 Å². The average Bonchev–Trinajstić information content (AvgIpc) is 3.23. The maximum absolute atomic E-state index is 14.1. The van der Waals surface area contributed by atoms with Gasteiger partial charge in [0.05, 0.1) is 17.4 Å². The van der Waals surface area contributed by atoms with Crippen molar-refractivity contribution in [2.24, 2.45) is 0 Å². The van der Waals surface area contributed by atoms with Crippen molar-refractivity contribution in [3.8, 4) is 0 Å². The van der Waals surface area contributed by atoms with Crippen LogP contribution in [0.5, 0.6) is 0 Å². The number of amides is 2. The molecule has 6 nitrogen and oxygen atoms in total. The molecule has 0 fully saturated rings. The van der Waals surface area contributed by atoms with Crippen LogP contribution < -0.4 is 10.6 Å². The van der Waals surface area contributed by atoms with Crippen molar-refractivity contribution in [2.45, 2.75) is 44.9 Å². The number of benzene rings is 1. The van der Waals surface area contributed by atoms with Crippen molar-refractivity contribution in [3.05, 3.63) is 59.0 Å². The number of anilines is 1. The second-order valence-corrected chi connectivity index (χ2v) is 6.95. The van der Waals surface area contributed by atoms with Gasteiger partial charge in [0.15, 0.2) is 0 Å². The summed E-state index contributed by atoms with van der Waals surface area (Å²) in [5, 5.41) is 8.56. The molecule has 2 aromatic rings. The van der Waals surface area contributed by atoms with Gasteiger partial charge in [-0.2, -0.15) is 0 Å². The quantitative estimate of drug-likeness (QED) is 0.649. The molecule has 1 heterocycles. The van der Waals surface area contributed by atoms with E-state index in [4.69, 9.17) is 4.52 Å². The molecule has 0 bridgehead atoms. The van der Waals surface area contributed by atoms with E-state index < -0.39 is 23.4 Å². The first kappa shape index (κ1) is 20.7. The number of carbonyl (C=O) groups excluding carboxylic acids is 2. The fourth-order valence-electron chi connectivity index (χ4n) is 3.20. The predicted molar refractivity (Wildman–Crippen MR) is 103 cm³/mol. The number of halogens is 2. The van der Waals surface area contributed by atoms with Crippen molar-refractivity contribution in [2.75, 3.05) is 11.9 Å². The summed E-state index contributed by atoms with van der Waals surface area (Å²) in [5.41, 5.74) is 0.736. The number of allylic oxidation sites excluding steroid dienone is 1. The van der Waals surface area contributed by atoms with E-state index in [0.717, 1.165) is 25.3 Å². The van der Waals surface area contributed by atoms with Gasteiger partial charge in [0.25, 0.3) is 5.91 Å². The first-order chi connectivity index (χ1) is 14.0. The molecule has 0 aliphatic heterocycles. The Hall–Kier alpha value is -3.03. The minimum atomic E-state index is -0.975. The molecule has 1 aliphatic rings. The summed E-state index contributed by atoms with van der Waals surface area (Å²) in [5.74, 6) is -2.53. The summed E-state index contributed by atoms with van der Waals surface area (Å²) < 4.78 is 33.0. The number of carbonyl (C=O) groups is 2. The Bertz CT molecular complexity index is 895. The highest BCUT2D eigenvalue weighted by Gasteiger charge is 2.18. The van der Waals surface area contributed by atoms with Crippen LogP contribution in [-0.2, 0) is 11.2 Å². The number of rotatable bonds is 8. The molecule has 2 amide bonds. The molecular weight excluding hydrogens is 380 g/mol. The van der Waals surface area contributed by atoms with Gasteiger partial charge < -0.3 is 15.2 Å². The summed E-state index contributed by atoms with van der Waals surface area (Å²) in [4.78, 5) is 24.3. The van der Waals surface area contributed by atoms with E-state index in [1.807, 2.05) is 0 Å². The monoisotopic (exact) mass is 403 g/mol. The normalized spacial score (nSPS) is 13.7. The van der Waals surface area contributed by atoms with E-state index in [0.29, 0.717) is 24.8 Å². The maximum atomic E-state index is 14.1. The first-order valence-electron chi connectivity index (χ1n) is 9.67. The highest BCUT2D eigenvalue weighted by Crippen LogP contribution is 2.21. The molecule has 0 unspecified atom stereocenters. The molecule has 0 radical (unpaired) electrons. The van der Waals surface area contributed by atoms with Crippen LogP contribution in [0.15, 0.2) is 40.6 Å². The molecule has 1 aliphatic carbocycles. The van der Waals surface area contributed by atoms with Crippen LogP contribution in [0.2, 0.25) is 0 Å². The van der Waals surface area contributed by atoms with Gasteiger partial charge in [0, 0.05) is 31.5 Å². The molecular formula is C21H23F2N3O3. The highest BCUT2D eigenvalue weighted by molar-refractivity contribution is 5.97. The van der Waals surface area contributed by atoms with Crippen molar-refractivity contribution < 1.29 is 22.9 Å². The summed E-state index contributed by atoms with van der Waals surface area (Å²) in [7, 11) is 0. The van der Waals surface area contributed by atoms with E-state index in [9.17, 15) is 18.4 Å². The van der Waals surface area contributed by atoms with Crippen LogP contribution in [0.1, 0.15) is 54.6 Å². The third-order valence-corrected chi connectivity index (χ3v) is 4.78. The second kappa shape index (κ2) is 9.95. The zero-order chi connectivity index (χ0) is 20.6. The third kappa shape index (κ3) is 5.97. The standard InChI is InChI=1S/C21H23F2N3O3/c22-17-13-18(23)19(26-20(27)7-6-15-9-11-25-29-15)12-16(17)21(28)24-10-8-14-4-2-1-3-5-14/h4,9,11-13H,1-3,5-8,10H2,(H,24,28)(H,26,27). The zero-order valence-electron chi connectivity index (χ0n) is 16.0. The number of hydrogen-bond acceptors (Lipinski definition) is 4. The summed E-state index contributed by atoms with van der Waals surface area (Å²) in [6.07, 6.45) is 9.07. The van der Waals surface area contributed by atoms with Crippen molar-refractivity contribution in [1.82, 2.24) is 10.5 Å². The molecule has 0 saturated heterocycles. The third-order valence-electron chi connectivity index (χ3n) is 4.78.